The van der Waals surface area contributed by atoms with E-state index in [2.05, 4.69) is 0 Å². The SMILES string of the molecule is N#CC(=[NH2+])/C=C\C=N. The highest BCUT2D eigenvalue weighted by molar-refractivity contribution is 6.04. The first kappa shape index (κ1) is 6.57. The van der Waals surface area contributed by atoms with E-state index in [1.54, 1.807) is 6.07 Å². The van der Waals surface area contributed by atoms with E-state index in [0.29, 0.717) is 0 Å². The average Bonchev–Trinajstić information content (AvgIpc) is 1.83. The van der Waals surface area contributed by atoms with Gasteiger partial charge in [0.2, 0.25) is 0 Å². The van der Waals surface area contributed by atoms with Gasteiger partial charge >= 0.3 is 0 Å². The molecule has 3 nitrogen and oxygen atoms in total. The molecule has 0 radical (unpaired) electrons. The monoisotopic (exact) mass is 108 g/mol. The van der Waals surface area contributed by atoms with Gasteiger partial charge in [0.05, 0.1) is 0 Å². The molecule has 0 aliphatic rings. The minimum atomic E-state index is 0.119. The highest BCUT2D eigenvalue weighted by atomic mass is 14.4. The summed E-state index contributed by atoms with van der Waals surface area (Å²) in [6, 6.07) is 1.70. The Labute approximate surface area is 47.3 Å². The highest BCUT2D eigenvalue weighted by Crippen LogP contribution is 1.65. The van der Waals surface area contributed by atoms with Gasteiger partial charge < -0.3 is 5.41 Å². The van der Waals surface area contributed by atoms with Gasteiger partial charge in [-0.2, -0.15) is 5.26 Å². The van der Waals surface area contributed by atoms with Crippen LogP contribution in [0.4, 0.5) is 0 Å². The molecule has 3 N–H and O–H groups in total. The van der Waals surface area contributed by atoms with Crippen LogP contribution in [-0.2, 0) is 0 Å². The van der Waals surface area contributed by atoms with Crippen molar-refractivity contribution in [2.24, 2.45) is 0 Å². The lowest BCUT2D eigenvalue weighted by Crippen LogP contribution is -2.37. The summed E-state index contributed by atoms with van der Waals surface area (Å²) in [6.07, 6.45) is 3.82. The van der Waals surface area contributed by atoms with E-state index in [4.69, 9.17) is 16.1 Å². The van der Waals surface area contributed by atoms with Crippen LogP contribution in [0.5, 0.6) is 0 Å². The molecule has 0 heterocycles. The fourth-order valence-corrected chi connectivity index (χ4v) is 0.189. The van der Waals surface area contributed by atoms with Crippen LogP contribution in [0.25, 0.3) is 0 Å². The third-order valence-corrected chi connectivity index (χ3v) is 0.501. The summed E-state index contributed by atoms with van der Waals surface area (Å²) in [6.45, 7) is 0. The van der Waals surface area contributed by atoms with Crippen molar-refractivity contribution in [1.82, 2.24) is 0 Å². The Morgan fingerprint density at radius 2 is 2.38 bits per heavy atom. The first-order chi connectivity index (χ1) is 3.81. The summed E-state index contributed by atoms with van der Waals surface area (Å²) in [7, 11) is 0. The van der Waals surface area contributed by atoms with Crippen LogP contribution >= 0.6 is 0 Å². The Balaban J connectivity index is 3.75. The molecule has 0 bridgehead atoms. The van der Waals surface area contributed by atoms with Crippen LogP contribution in [0.15, 0.2) is 12.2 Å². The van der Waals surface area contributed by atoms with Crippen molar-refractivity contribution in [2.75, 3.05) is 0 Å². The third kappa shape index (κ3) is 2.79. The van der Waals surface area contributed by atoms with Gasteiger partial charge in [-0.1, -0.05) is 0 Å². The van der Waals surface area contributed by atoms with Gasteiger partial charge in [-0.15, -0.1) is 0 Å². The molecule has 0 spiro atoms. The molecule has 0 fully saturated rings. The van der Waals surface area contributed by atoms with Gasteiger partial charge in [0.1, 0.15) is 0 Å². The van der Waals surface area contributed by atoms with Gasteiger partial charge in [0, 0.05) is 12.3 Å². The fourth-order valence-electron chi connectivity index (χ4n) is 0.189. The summed E-state index contributed by atoms with van der Waals surface area (Å²) in [5.41, 5.74) is 0.119. The number of nitrogens with zero attached hydrogens (tertiary/aromatic N) is 1. The number of hydrogen-bond acceptors (Lipinski definition) is 2. The number of nitrogens with two attached hydrogens (primary N) is 1. The predicted octanol–water partition coefficient (Wildman–Crippen LogP) is -1.08. The molecule has 0 rings (SSSR count). The van der Waals surface area contributed by atoms with Crippen LogP contribution in [0.3, 0.4) is 0 Å². The molecule has 0 atom stereocenters. The van der Waals surface area contributed by atoms with E-state index in [1.807, 2.05) is 0 Å². The lowest BCUT2D eigenvalue weighted by Gasteiger charge is -1.65. The van der Waals surface area contributed by atoms with E-state index in [0.717, 1.165) is 6.21 Å². The molecule has 0 aliphatic carbocycles. The molecule has 0 aromatic carbocycles. The molecular formula is C5H6N3+. The van der Waals surface area contributed by atoms with Crippen LogP contribution < -0.4 is 5.41 Å². The van der Waals surface area contributed by atoms with Crippen molar-refractivity contribution in [2.45, 2.75) is 0 Å². The molecule has 40 valence electrons. The molecule has 0 unspecified atom stereocenters. The summed E-state index contributed by atoms with van der Waals surface area (Å²) >= 11 is 0. The Hall–Kier alpha value is -1.43. The minimum absolute atomic E-state index is 0.119. The van der Waals surface area contributed by atoms with Gasteiger partial charge in [0.15, 0.2) is 6.07 Å². The van der Waals surface area contributed by atoms with Crippen molar-refractivity contribution in [3.05, 3.63) is 12.2 Å². The summed E-state index contributed by atoms with van der Waals surface area (Å²) in [5, 5.41) is 19.5. The van der Waals surface area contributed by atoms with Crippen molar-refractivity contribution in [3.8, 4) is 6.07 Å². The van der Waals surface area contributed by atoms with Gasteiger partial charge in [-0.3, -0.25) is 0 Å². The van der Waals surface area contributed by atoms with E-state index in [-0.39, 0.29) is 5.71 Å². The standard InChI is InChI=1S/C5H5N3/c6-3-1-2-5(8)4-7/h1-3,6,8H/p+1/b2-1-,6-3?,8-5?. The van der Waals surface area contributed by atoms with Gasteiger partial charge in [0.25, 0.3) is 5.71 Å². The zero-order chi connectivity index (χ0) is 6.41. The first-order valence-corrected chi connectivity index (χ1v) is 2.01. The topological polar surface area (TPSA) is 73.2 Å². The van der Waals surface area contributed by atoms with Crippen molar-refractivity contribution in [3.63, 3.8) is 0 Å². The summed E-state index contributed by atoms with van der Waals surface area (Å²) < 4.78 is 0. The Bertz CT molecular complexity index is 161. The minimum Gasteiger partial charge on any atom is -0.309 e. The molecule has 3 heteroatoms. The molecular weight excluding hydrogens is 102 g/mol. The van der Waals surface area contributed by atoms with Crippen LogP contribution in [-0.4, -0.2) is 11.9 Å². The maximum Gasteiger partial charge on any atom is 0.274 e. The third-order valence-electron chi connectivity index (χ3n) is 0.501. The second-order valence-corrected chi connectivity index (χ2v) is 1.09. The van der Waals surface area contributed by atoms with Crippen LogP contribution in [0.2, 0.25) is 0 Å². The quantitative estimate of drug-likeness (QED) is 0.434. The van der Waals surface area contributed by atoms with Crippen molar-refractivity contribution < 1.29 is 5.41 Å². The maximum atomic E-state index is 8.02. The lowest BCUT2D eigenvalue weighted by molar-refractivity contribution is -0.109. The molecule has 0 amide bonds. The predicted molar refractivity (Wildman–Crippen MR) is 30.5 cm³/mol. The van der Waals surface area contributed by atoms with Crippen molar-refractivity contribution >= 4 is 11.9 Å². The average molecular weight is 108 g/mol. The number of hydrogen-bond donors (Lipinski definition) is 2. The second-order valence-electron chi connectivity index (χ2n) is 1.09. The Morgan fingerprint density at radius 1 is 1.75 bits per heavy atom. The number of nitrogens with one attached hydrogen (secondary N) is 1. The molecule has 0 saturated heterocycles. The van der Waals surface area contributed by atoms with Crippen molar-refractivity contribution in [1.29, 1.82) is 10.7 Å². The first-order valence-electron chi connectivity index (χ1n) is 2.01. The normalized spacial score (nSPS) is 8.38. The van der Waals surface area contributed by atoms with E-state index < -0.39 is 0 Å². The maximum absolute atomic E-state index is 8.02. The van der Waals surface area contributed by atoms with Gasteiger partial charge in [-0.25, -0.2) is 5.41 Å². The molecule has 0 aromatic heterocycles. The summed E-state index contributed by atoms with van der Waals surface area (Å²) in [4.78, 5) is 0. The summed E-state index contributed by atoms with van der Waals surface area (Å²) in [5.74, 6) is 0. The second kappa shape index (κ2) is 3.75. The number of rotatable bonds is 2. The Kier molecular flexibility index (Phi) is 3.08. The molecule has 0 aliphatic heterocycles. The van der Waals surface area contributed by atoms with Crippen LogP contribution in [0, 0.1) is 16.7 Å². The molecule has 0 saturated carbocycles. The zero-order valence-corrected chi connectivity index (χ0v) is 4.26. The number of allylic oxidation sites excluding steroid dienone is 2. The zero-order valence-electron chi connectivity index (χ0n) is 4.26. The van der Waals surface area contributed by atoms with E-state index >= 15 is 0 Å². The molecule has 0 aromatic rings. The lowest BCUT2D eigenvalue weighted by atomic mass is 10.4. The van der Waals surface area contributed by atoms with Gasteiger partial charge in [-0.05, 0) is 6.08 Å². The van der Waals surface area contributed by atoms with Crippen LogP contribution in [0.1, 0.15) is 0 Å². The Morgan fingerprint density at radius 3 is 2.75 bits per heavy atom. The molecule has 8 heavy (non-hydrogen) atoms. The van der Waals surface area contributed by atoms with E-state index in [9.17, 15) is 0 Å². The van der Waals surface area contributed by atoms with E-state index in [1.165, 1.54) is 12.2 Å². The smallest absolute Gasteiger partial charge is 0.274 e. The highest BCUT2D eigenvalue weighted by Gasteiger charge is 1.86. The largest absolute Gasteiger partial charge is 0.309 e. The fraction of sp³-hybridized carbons (Fsp3) is 0. The number of nitriles is 1.